The van der Waals surface area contributed by atoms with Gasteiger partial charge in [-0.25, -0.2) is 0 Å². The average molecular weight is 369 g/mol. The Labute approximate surface area is 163 Å². The van der Waals surface area contributed by atoms with E-state index < -0.39 is 0 Å². The van der Waals surface area contributed by atoms with Gasteiger partial charge in [-0.3, -0.25) is 4.90 Å². The molecule has 1 heterocycles. The van der Waals surface area contributed by atoms with Crippen LogP contribution in [0.15, 0.2) is 53.4 Å². The molecule has 0 unspecified atom stereocenters. The number of nitrogen functional groups attached to an aromatic ring is 1. The molecule has 0 amide bonds. The van der Waals surface area contributed by atoms with Crippen LogP contribution in [-0.2, 0) is 6.54 Å². The Kier molecular flexibility index (Phi) is 7.45. The molecule has 3 rings (SSSR count). The first-order valence-electron chi connectivity index (χ1n) is 10.0. The number of unbranched alkanes of at least 4 members (excludes halogenated alkanes) is 2. The van der Waals surface area contributed by atoms with Gasteiger partial charge in [0.05, 0.1) is 0 Å². The lowest BCUT2D eigenvalue weighted by atomic mass is 9.89. The predicted molar refractivity (Wildman–Crippen MR) is 115 cm³/mol. The third-order valence-electron chi connectivity index (χ3n) is 5.32. The second-order valence-corrected chi connectivity index (χ2v) is 8.59. The Morgan fingerprint density at radius 3 is 2.50 bits per heavy atom. The number of nitrogens with two attached hydrogens (primary N) is 1. The van der Waals surface area contributed by atoms with Crippen molar-refractivity contribution < 1.29 is 0 Å². The monoisotopic (exact) mass is 368 g/mol. The molecule has 0 bridgehead atoms. The summed E-state index contributed by atoms with van der Waals surface area (Å²) in [6, 6.07) is 17.7. The van der Waals surface area contributed by atoms with Gasteiger partial charge in [0.2, 0.25) is 0 Å². The quantitative estimate of drug-likeness (QED) is 0.356. The van der Waals surface area contributed by atoms with Crippen molar-refractivity contribution in [1.82, 2.24) is 4.90 Å². The van der Waals surface area contributed by atoms with E-state index in [-0.39, 0.29) is 0 Å². The first-order valence-corrected chi connectivity index (χ1v) is 11.0. The van der Waals surface area contributed by atoms with E-state index in [0.29, 0.717) is 5.92 Å². The topological polar surface area (TPSA) is 29.3 Å². The maximum absolute atomic E-state index is 5.94. The molecule has 0 aromatic heterocycles. The van der Waals surface area contributed by atoms with Crippen LogP contribution in [0.25, 0.3) is 0 Å². The van der Waals surface area contributed by atoms with Gasteiger partial charge in [-0.1, -0.05) is 44.0 Å². The van der Waals surface area contributed by atoms with Crippen LogP contribution in [0, 0.1) is 0 Å². The van der Waals surface area contributed by atoms with Gasteiger partial charge in [0.15, 0.2) is 0 Å². The predicted octanol–water partition coefficient (Wildman–Crippen LogP) is 5.93. The van der Waals surface area contributed by atoms with Crippen LogP contribution < -0.4 is 5.73 Å². The van der Waals surface area contributed by atoms with Gasteiger partial charge in [0.25, 0.3) is 0 Å². The molecule has 2 nitrogen and oxygen atoms in total. The molecule has 3 heteroatoms. The van der Waals surface area contributed by atoms with Crippen molar-refractivity contribution in [1.29, 1.82) is 0 Å². The largest absolute Gasteiger partial charge is 0.399 e. The minimum Gasteiger partial charge on any atom is -0.399 e. The highest BCUT2D eigenvalue weighted by atomic mass is 32.2. The SMILES string of the molecule is CCCCCSc1ccc(CN2CCC(c3cccc(N)c3)CC2)cc1. The van der Waals surface area contributed by atoms with Gasteiger partial charge in [0.1, 0.15) is 0 Å². The summed E-state index contributed by atoms with van der Waals surface area (Å²) in [7, 11) is 0. The molecule has 1 aliphatic heterocycles. The molecule has 0 spiro atoms. The number of hydrogen-bond donors (Lipinski definition) is 1. The fourth-order valence-electron chi connectivity index (χ4n) is 3.73. The van der Waals surface area contributed by atoms with E-state index >= 15 is 0 Å². The molecule has 2 aromatic rings. The van der Waals surface area contributed by atoms with Crippen molar-refractivity contribution in [2.75, 3.05) is 24.6 Å². The van der Waals surface area contributed by atoms with Gasteiger partial charge >= 0.3 is 0 Å². The van der Waals surface area contributed by atoms with E-state index in [1.54, 1.807) is 0 Å². The van der Waals surface area contributed by atoms with Crippen LogP contribution in [0.4, 0.5) is 5.69 Å². The molecule has 0 radical (unpaired) electrons. The van der Waals surface area contributed by atoms with E-state index in [9.17, 15) is 0 Å². The third-order valence-corrected chi connectivity index (χ3v) is 6.41. The maximum Gasteiger partial charge on any atom is 0.0316 e. The maximum atomic E-state index is 5.94. The van der Waals surface area contributed by atoms with Gasteiger partial charge in [-0.05, 0) is 79.4 Å². The van der Waals surface area contributed by atoms with E-state index in [2.05, 4.69) is 54.3 Å². The molecule has 1 saturated heterocycles. The summed E-state index contributed by atoms with van der Waals surface area (Å²) in [6.45, 7) is 5.68. The summed E-state index contributed by atoms with van der Waals surface area (Å²) in [6.07, 6.45) is 6.43. The van der Waals surface area contributed by atoms with Gasteiger partial charge in [-0.2, -0.15) is 0 Å². The van der Waals surface area contributed by atoms with Crippen LogP contribution in [0.2, 0.25) is 0 Å². The molecular weight excluding hydrogens is 336 g/mol. The van der Waals surface area contributed by atoms with Gasteiger partial charge in [-0.15, -0.1) is 11.8 Å². The lowest BCUT2D eigenvalue weighted by Gasteiger charge is -2.32. The highest BCUT2D eigenvalue weighted by molar-refractivity contribution is 7.99. The van der Waals surface area contributed by atoms with Crippen molar-refractivity contribution >= 4 is 17.4 Å². The van der Waals surface area contributed by atoms with Crippen LogP contribution in [-0.4, -0.2) is 23.7 Å². The molecule has 140 valence electrons. The minimum atomic E-state index is 0.664. The number of benzene rings is 2. The van der Waals surface area contributed by atoms with E-state index in [0.717, 1.165) is 12.2 Å². The van der Waals surface area contributed by atoms with Crippen molar-refractivity contribution in [3.63, 3.8) is 0 Å². The van der Waals surface area contributed by atoms with Crippen molar-refractivity contribution in [3.05, 3.63) is 59.7 Å². The fraction of sp³-hybridized carbons (Fsp3) is 0.478. The highest BCUT2D eigenvalue weighted by Gasteiger charge is 2.20. The summed E-state index contributed by atoms with van der Waals surface area (Å²) in [4.78, 5) is 4.00. The third kappa shape index (κ3) is 5.78. The lowest BCUT2D eigenvalue weighted by Crippen LogP contribution is -2.32. The van der Waals surface area contributed by atoms with Crippen molar-refractivity contribution in [2.45, 2.75) is 56.4 Å². The number of thioether (sulfide) groups is 1. The molecule has 1 aliphatic rings. The average Bonchev–Trinajstić information content (AvgIpc) is 2.67. The Morgan fingerprint density at radius 2 is 1.81 bits per heavy atom. The molecule has 2 aromatic carbocycles. The van der Waals surface area contributed by atoms with Crippen molar-refractivity contribution in [3.8, 4) is 0 Å². The van der Waals surface area contributed by atoms with Gasteiger partial charge in [0, 0.05) is 17.1 Å². The van der Waals surface area contributed by atoms with Crippen LogP contribution in [0.3, 0.4) is 0 Å². The smallest absolute Gasteiger partial charge is 0.0316 e. The molecule has 0 aliphatic carbocycles. The molecule has 1 fully saturated rings. The lowest BCUT2D eigenvalue weighted by molar-refractivity contribution is 0.204. The number of likely N-dealkylation sites (tertiary alicyclic amines) is 1. The number of piperidine rings is 1. The van der Waals surface area contributed by atoms with E-state index in [4.69, 9.17) is 5.73 Å². The zero-order valence-electron chi connectivity index (χ0n) is 16.0. The zero-order chi connectivity index (χ0) is 18.2. The highest BCUT2D eigenvalue weighted by Crippen LogP contribution is 2.29. The van der Waals surface area contributed by atoms with Crippen molar-refractivity contribution in [2.24, 2.45) is 0 Å². The molecule has 26 heavy (non-hydrogen) atoms. The number of rotatable bonds is 8. The number of hydrogen-bond acceptors (Lipinski definition) is 3. The number of nitrogens with zero attached hydrogens (tertiary/aromatic N) is 1. The first-order chi connectivity index (χ1) is 12.7. The Hall–Kier alpha value is -1.45. The summed E-state index contributed by atoms with van der Waals surface area (Å²) in [5.41, 5.74) is 9.67. The summed E-state index contributed by atoms with van der Waals surface area (Å²) in [5, 5.41) is 0. The Morgan fingerprint density at radius 1 is 1.04 bits per heavy atom. The van der Waals surface area contributed by atoms with Crippen LogP contribution in [0.1, 0.15) is 56.1 Å². The number of anilines is 1. The summed E-state index contributed by atoms with van der Waals surface area (Å²) >= 11 is 1.99. The molecule has 0 atom stereocenters. The summed E-state index contributed by atoms with van der Waals surface area (Å²) < 4.78 is 0. The second kappa shape index (κ2) is 10.0. The van der Waals surface area contributed by atoms with E-state index in [1.807, 2.05) is 17.8 Å². The standard InChI is InChI=1S/C23H32N2S/c1-2-3-4-16-26-23-10-8-19(9-11-23)18-25-14-12-20(13-15-25)21-6-5-7-22(24)17-21/h5-11,17,20H,2-4,12-16,18,24H2,1H3. The van der Waals surface area contributed by atoms with Gasteiger partial charge < -0.3 is 5.73 Å². The molecule has 2 N–H and O–H groups in total. The minimum absolute atomic E-state index is 0.664. The fourth-order valence-corrected chi connectivity index (χ4v) is 4.64. The normalized spacial score (nSPS) is 16.0. The Bertz CT molecular complexity index is 660. The zero-order valence-corrected chi connectivity index (χ0v) is 16.8. The van der Waals surface area contributed by atoms with E-state index in [1.165, 1.54) is 67.0 Å². The second-order valence-electron chi connectivity index (χ2n) is 7.42. The Balaban J connectivity index is 1.44. The van der Waals surface area contributed by atoms with Crippen LogP contribution in [0.5, 0.6) is 0 Å². The van der Waals surface area contributed by atoms with Crippen LogP contribution >= 0.6 is 11.8 Å². The summed E-state index contributed by atoms with van der Waals surface area (Å²) in [5.74, 6) is 1.90. The first kappa shape index (κ1) is 19.3. The molecular formula is C23H32N2S. The molecule has 0 saturated carbocycles.